The molecule has 2 aromatic rings. The van der Waals surface area contributed by atoms with Gasteiger partial charge < -0.3 is 4.42 Å². The van der Waals surface area contributed by atoms with Gasteiger partial charge in [0.1, 0.15) is 5.58 Å². The highest BCUT2D eigenvalue weighted by Crippen LogP contribution is 2.37. The summed E-state index contributed by atoms with van der Waals surface area (Å²) in [5.74, 6) is 1.19. The van der Waals surface area contributed by atoms with Crippen molar-refractivity contribution < 1.29 is 4.42 Å². The molecular weight excluding hydrogens is 268 g/mol. The lowest BCUT2D eigenvalue weighted by Gasteiger charge is -2.16. The monoisotopic (exact) mass is 278 g/mol. The Balaban J connectivity index is 2.43. The highest BCUT2D eigenvalue weighted by Gasteiger charge is 2.20. The minimum absolute atomic E-state index is 0.291. The molecule has 18 heavy (non-hydrogen) atoms. The molecule has 0 N–H and O–H groups in total. The van der Waals surface area contributed by atoms with Crippen LogP contribution in [0.15, 0.2) is 38.4 Å². The van der Waals surface area contributed by atoms with Crippen molar-refractivity contribution in [2.45, 2.75) is 11.8 Å². The van der Waals surface area contributed by atoms with E-state index in [1.54, 1.807) is 11.8 Å². The number of benzene rings is 1. The Bertz CT molecular complexity index is 716. The molecule has 0 spiro atoms. The number of fused-ring (bicyclic) bond motifs is 3. The van der Waals surface area contributed by atoms with Gasteiger partial charge in [0.25, 0.3) is 0 Å². The summed E-state index contributed by atoms with van der Waals surface area (Å²) in [5.41, 5.74) is 3.02. The summed E-state index contributed by atoms with van der Waals surface area (Å²) in [7, 11) is 0. The fraction of sp³-hybridized carbons (Fsp3) is 0.214. The summed E-state index contributed by atoms with van der Waals surface area (Å²) >= 11 is 7.57. The minimum atomic E-state index is -0.291. The lowest BCUT2D eigenvalue weighted by Crippen LogP contribution is -2.12. The van der Waals surface area contributed by atoms with E-state index in [0.717, 1.165) is 27.2 Å². The summed E-state index contributed by atoms with van der Waals surface area (Å²) in [6, 6.07) is 5.86. The largest absolute Gasteiger partial charge is 0.422 e. The zero-order valence-corrected chi connectivity index (χ0v) is 11.4. The molecule has 0 saturated heterocycles. The summed E-state index contributed by atoms with van der Waals surface area (Å²) in [5, 5.41) is 1.00. The van der Waals surface area contributed by atoms with Crippen LogP contribution in [0.1, 0.15) is 11.1 Å². The Morgan fingerprint density at radius 3 is 3.06 bits per heavy atom. The van der Waals surface area contributed by atoms with Gasteiger partial charge in [-0.25, -0.2) is 4.79 Å². The smallest absolute Gasteiger partial charge is 0.345 e. The quantitative estimate of drug-likeness (QED) is 0.587. The van der Waals surface area contributed by atoms with E-state index in [4.69, 9.17) is 16.0 Å². The van der Waals surface area contributed by atoms with Crippen LogP contribution >= 0.6 is 23.4 Å². The van der Waals surface area contributed by atoms with Crippen LogP contribution in [0.4, 0.5) is 0 Å². The predicted octanol–water partition coefficient (Wildman–Crippen LogP) is 3.83. The predicted molar refractivity (Wildman–Crippen MR) is 76.6 cm³/mol. The van der Waals surface area contributed by atoms with Gasteiger partial charge in [-0.1, -0.05) is 17.7 Å². The maximum absolute atomic E-state index is 12.1. The second-order valence-electron chi connectivity index (χ2n) is 4.27. The Kier molecular flexibility index (Phi) is 2.96. The standard InChI is InChI=1S/C14H11ClO2S/c1-8-2-3-11-10(6-8)13-12(14(16)17-11)9(7-15)4-5-18-13/h2-4,6H,5,7H2,1H3. The molecule has 1 aliphatic rings. The molecule has 0 saturated carbocycles. The zero-order valence-electron chi connectivity index (χ0n) is 9.83. The maximum atomic E-state index is 12.1. The topological polar surface area (TPSA) is 30.2 Å². The fourth-order valence-corrected chi connectivity index (χ4v) is 3.53. The van der Waals surface area contributed by atoms with Gasteiger partial charge in [-0.3, -0.25) is 0 Å². The molecule has 0 unspecified atom stereocenters. The van der Waals surface area contributed by atoms with Crippen molar-refractivity contribution in [3.8, 4) is 0 Å². The number of alkyl halides is 1. The minimum Gasteiger partial charge on any atom is -0.422 e. The van der Waals surface area contributed by atoms with Crippen molar-refractivity contribution in [1.82, 2.24) is 0 Å². The van der Waals surface area contributed by atoms with Gasteiger partial charge in [0, 0.05) is 21.9 Å². The molecule has 1 aromatic carbocycles. The van der Waals surface area contributed by atoms with E-state index in [2.05, 4.69) is 6.07 Å². The van der Waals surface area contributed by atoms with E-state index in [1.807, 2.05) is 25.1 Å². The molecule has 0 fully saturated rings. The van der Waals surface area contributed by atoms with E-state index in [0.29, 0.717) is 17.0 Å². The van der Waals surface area contributed by atoms with Gasteiger partial charge >= 0.3 is 5.63 Å². The van der Waals surface area contributed by atoms with Crippen LogP contribution < -0.4 is 5.63 Å². The molecule has 0 aliphatic carbocycles. The lowest BCUT2D eigenvalue weighted by molar-refractivity contribution is 0.554. The zero-order chi connectivity index (χ0) is 12.7. The second-order valence-corrected chi connectivity index (χ2v) is 5.56. The summed E-state index contributed by atoms with van der Waals surface area (Å²) in [6.07, 6.45) is 2.00. The highest BCUT2D eigenvalue weighted by molar-refractivity contribution is 7.99. The molecule has 1 aliphatic heterocycles. The summed E-state index contributed by atoms with van der Waals surface area (Å²) < 4.78 is 5.38. The van der Waals surface area contributed by atoms with Gasteiger partial charge in [0.05, 0.1) is 5.56 Å². The van der Waals surface area contributed by atoms with Crippen molar-refractivity contribution >= 4 is 39.9 Å². The number of thioether (sulfide) groups is 1. The second kappa shape index (κ2) is 4.48. The SMILES string of the molecule is Cc1ccc2oc(=O)c3c(c2c1)SCC=C3CCl. The molecular formula is C14H11ClO2S. The van der Waals surface area contributed by atoms with Gasteiger partial charge in [0.15, 0.2) is 0 Å². The molecule has 2 heterocycles. The molecule has 0 radical (unpaired) electrons. The van der Waals surface area contributed by atoms with Crippen LogP contribution in [0.25, 0.3) is 16.5 Å². The van der Waals surface area contributed by atoms with E-state index in [1.165, 1.54) is 0 Å². The van der Waals surface area contributed by atoms with Crippen LogP contribution in [-0.4, -0.2) is 11.6 Å². The maximum Gasteiger partial charge on any atom is 0.345 e. The molecule has 3 rings (SSSR count). The number of allylic oxidation sites excluding steroid dienone is 1. The van der Waals surface area contributed by atoms with Crippen LogP contribution in [0.3, 0.4) is 0 Å². The van der Waals surface area contributed by atoms with Crippen LogP contribution in [0.5, 0.6) is 0 Å². The first-order valence-corrected chi connectivity index (χ1v) is 7.18. The number of halogens is 1. The Labute approximate surface area is 114 Å². The van der Waals surface area contributed by atoms with Crippen molar-refractivity contribution in [2.75, 3.05) is 11.6 Å². The number of hydrogen-bond donors (Lipinski definition) is 0. The molecule has 2 nitrogen and oxygen atoms in total. The number of rotatable bonds is 1. The summed E-state index contributed by atoms with van der Waals surface area (Å²) in [6.45, 7) is 2.03. The van der Waals surface area contributed by atoms with E-state index in [9.17, 15) is 4.79 Å². The van der Waals surface area contributed by atoms with Gasteiger partial charge in [-0.2, -0.15) is 0 Å². The van der Waals surface area contributed by atoms with E-state index >= 15 is 0 Å². The Morgan fingerprint density at radius 1 is 1.44 bits per heavy atom. The van der Waals surface area contributed by atoms with Gasteiger partial charge in [-0.15, -0.1) is 23.4 Å². The molecule has 4 heteroatoms. The van der Waals surface area contributed by atoms with Crippen molar-refractivity contribution in [1.29, 1.82) is 0 Å². The van der Waals surface area contributed by atoms with Crippen molar-refractivity contribution in [3.05, 3.63) is 45.8 Å². The number of aryl methyl sites for hydroxylation is 1. The number of hydrogen-bond acceptors (Lipinski definition) is 3. The third kappa shape index (κ3) is 1.78. The van der Waals surface area contributed by atoms with E-state index in [-0.39, 0.29) is 5.63 Å². The van der Waals surface area contributed by atoms with Crippen molar-refractivity contribution in [3.63, 3.8) is 0 Å². The van der Waals surface area contributed by atoms with Crippen LogP contribution in [0.2, 0.25) is 0 Å². The van der Waals surface area contributed by atoms with Crippen molar-refractivity contribution in [2.24, 2.45) is 0 Å². The first-order chi connectivity index (χ1) is 8.70. The highest BCUT2D eigenvalue weighted by atomic mass is 35.5. The average Bonchev–Trinajstić information content (AvgIpc) is 2.39. The molecule has 92 valence electrons. The Morgan fingerprint density at radius 2 is 2.28 bits per heavy atom. The van der Waals surface area contributed by atoms with Crippen LogP contribution in [0, 0.1) is 6.92 Å². The summed E-state index contributed by atoms with van der Waals surface area (Å²) in [4.78, 5) is 13.1. The molecule has 1 aromatic heterocycles. The first-order valence-electron chi connectivity index (χ1n) is 5.66. The Hall–Kier alpha value is -1.19. The average molecular weight is 279 g/mol. The molecule has 0 bridgehead atoms. The van der Waals surface area contributed by atoms with Crippen LogP contribution in [-0.2, 0) is 0 Å². The third-order valence-corrected chi connectivity index (χ3v) is 4.37. The first kappa shape index (κ1) is 11.9. The van der Waals surface area contributed by atoms with E-state index < -0.39 is 0 Å². The van der Waals surface area contributed by atoms with Gasteiger partial charge in [0.2, 0.25) is 0 Å². The molecule has 0 atom stereocenters. The fourth-order valence-electron chi connectivity index (χ4n) is 2.16. The van der Waals surface area contributed by atoms with Gasteiger partial charge in [-0.05, 0) is 24.6 Å². The lowest BCUT2D eigenvalue weighted by atomic mass is 10.1. The normalized spacial score (nSPS) is 14.4. The third-order valence-electron chi connectivity index (χ3n) is 3.04. The molecule has 0 amide bonds.